The van der Waals surface area contributed by atoms with Crippen LogP contribution in [0.4, 0.5) is 4.39 Å². The largest absolute Gasteiger partial charge is 0.598 e. The lowest BCUT2D eigenvalue weighted by molar-refractivity contribution is 0.0588. The number of aromatic nitrogens is 1. The van der Waals surface area contributed by atoms with E-state index in [9.17, 15) is 13.7 Å². The van der Waals surface area contributed by atoms with Crippen LogP contribution in [-0.4, -0.2) is 27.4 Å². The van der Waals surface area contributed by atoms with Gasteiger partial charge in [0, 0.05) is 23.1 Å². The summed E-state index contributed by atoms with van der Waals surface area (Å²) in [6.45, 7) is 7.10. The van der Waals surface area contributed by atoms with Crippen LogP contribution in [0.15, 0.2) is 12.3 Å². The van der Waals surface area contributed by atoms with Gasteiger partial charge in [0.25, 0.3) is 0 Å². The first-order valence-corrected chi connectivity index (χ1v) is 7.24. The number of rotatable bonds is 4. The van der Waals surface area contributed by atoms with Crippen molar-refractivity contribution in [1.29, 1.82) is 0 Å². The number of esters is 1. The molecule has 0 bridgehead atoms. The molecule has 1 rings (SSSR count). The summed E-state index contributed by atoms with van der Waals surface area (Å²) in [6, 6.07) is 0.917. The molecule has 112 valence electrons. The fourth-order valence-corrected chi connectivity index (χ4v) is 2.23. The number of methoxy groups -OCH3 is 1. The first-order valence-electron chi connectivity index (χ1n) is 6.09. The molecule has 0 saturated carbocycles. The highest BCUT2D eigenvalue weighted by Crippen LogP contribution is 2.22. The van der Waals surface area contributed by atoms with Gasteiger partial charge in [-0.15, -0.1) is 4.72 Å². The predicted octanol–water partition coefficient (Wildman–Crippen LogP) is 2.12. The molecule has 0 amide bonds. The molecule has 0 fully saturated rings. The highest BCUT2D eigenvalue weighted by atomic mass is 32.2. The summed E-state index contributed by atoms with van der Waals surface area (Å²) < 4.78 is 33.0. The molecule has 20 heavy (non-hydrogen) atoms. The monoisotopic (exact) mass is 302 g/mol. The summed E-state index contributed by atoms with van der Waals surface area (Å²) in [6.07, 6.45) is 1.32. The Labute approximate surface area is 121 Å². The molecule has 1 heterocycles. The maximum absolute atomic E-state index is 14.2. The number of pyridine rings is 1. The van der Waals surface area contributed by atoms with Crippen molar-refractivity contribution in [3.63, 3.8) is 0 Å². The molecule has 7 heteroatoms. The van der Waals surface area contributed by atoms with E-state index in [1.54, 1.807) is 6.92 Å². The van der Waals surface area contributed by atoms with Crippen molar-refractivity contribution in [1.82, 2.24) is 9.71 Å². The van der Waals surface area contributed by atoms with E-state index in [0.29, 0.717) is 0 Å². The van der Waals surface area contributed by atoms with Crippen molar-refractivity contribution in [3.8, 4) is 0 Å². The van der Waals surface area contributed by atoms with Crippen LogP contribution in [0, 0.1) is 5.82 Å². The molecule has 2 atom stereocenters. The van der Waals surface area contributed by atoms with Gasteiger partial charge in [-0.3, -0.25) is 0 Å². The number of carbonyl (C=O) groups excluding carboxylic acids is 1. The lowest BCUT2D eigenvalue weighted by atomic mass is 10.1. The van der Waals surface area contributed by atoms with Crippen LogP contribution in [0.1, 0.15) is 49.8 Å². The van der Waals surface area contributed by atoms with Gasteiger partial charge in [0.15, 0.2) is 11.5 Å². The molecular formula is C13H19FN2O3S. The van der Waals surface area contributed by atoms with Gasteiger partial charge in [-0.1, -0.05) is 0 Å². The lowest BCUT2D eigenvalue weighted by Crippen LogP contribution is -2.40. The Balaban J connectivity index is 3.00. The minimum absolute atomic E-state index is 0.220. The first kappa shape index (κ1) is 16.9. The number of ether oxygens (including phenoxy) is 1. The number of nitrogens with zero attached hydrogens (tertiary/aromatic N) is 1. The quantitative estimate of drug-likeness (QED) is 0.681. The Bertz CT molecular complexity index is 491. The van der Waals surface area contributed by atoms with Crippen LogP contribution >= 0.6 is 0 Å². The van der Waals surface area contributed by atoms with Crippen molar-refractivity contribution in [2.24, 2.45) is 0 Å². The minimum Gasteiger partial charge on any atom is -0.598 e. The fourth-order valence-electron chi connectivity index (χ4n) is 1.43. The van der Waals surface area contributed by atoms with Crippen LogP contribution in [0.3, 0.4) is 0 Å². The number of halogens is 1. The zero-order valence-electron chi connectivity index (χ0n) is 12.2. The zero-order valence-corrected chi connectivity index (χ0v) is 13.0. The van der Waals surface area contributed by atoms with E-state index in [0.717, 1.165) is 7.11 Å². The number of nitrogens with one attached hydrogen (secondary N) is 1. The topological polar surface area (TPSA) is 74.3 Å². The highest BCUT2D eigenvalue weighted by molar-refractivity contribution is 7.90. The van der Waals surface area contributed by atoms with Gasteiger partial charge in [0.05, 0.1) is 13.2 Å². The van der Waals surface area contributed by atoms with Crippen molar-refractivity contribution >= 4 is 17.3 Å². The third-order valence-corrected chi connectivity index (χ3v) is 4.28. The molecule has 1 aromatic heterocycles. The Hall–Kier alpha value is -1.18. The van der Waals surface area contributed by atoms with E-state index in [2.05, 4.69) is 14.4 Å². The second-order valence-electron chi connectivity index (χ2n) is 5.27. The molecule has 0 aliphatic rings. The smallest absolute Gasteiger partial charge is 0.359 e. The molecule has 0 aliphatic heterocycles. The summed E-state index contributed by atoms with van der Waals surface area (Å²) >= 11 is -1.35. The third-order valence-electron chi connectivity index (χ3n) is 2.60. The summed E-state index contributed by atoms with van der Waals surface area (Å²) in [7, 11) is 1.16. The van der Waals surface area contributed by atoms with Gasteiger partial charge in [-0.25, -0.2) is 14.2 Å². The SMILES string of the molecule is COC(=O)c1nccc(C(C)N[S+]([O-])C(C)(C)C)c1F. The number of hydrogen-bond donors (Lipinski definition) is 1. The molecule has 0 saturated heterocycles. The van der Waals surface area contributed by atoms with E-state index >= 15 is 0 Å². The molecule has 5 nitrogen and oxygen atoms in total. The molecular weight excluding hydrogens is 283 g/mol. The predicted molar refractivity (Wildman–Crippen MR) is 75.0 cm³/mol. The van der Waals surface area contributed by atoms with E-state index in [-0.39, 0.29) is 11.3 Å². The van der Waals surface area contributed by atoms with Crippen molar-refractivity contribution in [2.45, 2.75) is 38.5 Å². The van der Waals surface area contributed by atoms with Gasteiger partial charge in [-0.05, 0) is 33.8 Å². The second-order valence-corrected chi connectivity index (χ2v) is 7.27. The number of hydrogen-bond acceptors (Lipinski definition) is 5. The molecule has 0 spiro atoms. The summed E-state index contributed by atoms with van der Waals surface area (Å²) in [5.74, 6) is -1.60. The van der Waals surface area contributed by atoms with Crippen molar-refractivity contribution in [2.75, 3.05) is 7.11 Å². The highest BCUT2D eigenvalue weighted by Gasteiger charge is 2.30. The van der Waals surface area contributed by atoms with Crippen LogP contribution in [0.5, 0.6) is 0 Å². The fraction of sp³-hybridized carbons (Fsp3) is 0.538. The van der Waals surface area contributed by atoms with E-state index in [1.165, 1.54) is 12.3 Å². The van der Waals surface area contributed by atoms with Gasteiger partial charge in [-0.2, -0.15) is 0 Å². The normalized spacial score (nSPS) is 14.8. The Kier molecular flexibility index (Phi) is 5.50. The standard InChI is InChI=1S/C13H19FN2O3S/c1-8(16-20(18)13(2,3)4)9-6-7-15-11(10(9)14)12(17)19-5/h6-8,16H,1-5H3. The maximum Gasteiger partial charge on any atom is 0.359 e. The van der Waals surface area contributed by atoms with E-state index in [1.807, 2.05) is 20.8 Å². The maximum atomic E-state index is 14.2. The summed E-state index contributed by atoms with van der Waals surface area (Å²) in [4.78, 5) is 15.1. The summed E-state index contributed by atoms with van der Waals surface area (Å²) in [5, 5.41) is 0. The molecule has 2 unspecified atom stereocenters. The van der Waals surface area contributed by atoms with Gasteiger partial charge < -0.3 is 9.29 Å². The van der Waals surface area contributed by atoms with Crippen LogP contribution in [0.25, 0.3) is 0 Å². The molecule has 1 aromatic rings. The lowest BCUT2D eigenvalue weighted by Gasteiger charge is -2.26. The van der Waals surface area contributed by atoms with Gasteiger partial charge in [0.1, 0.15) is 4.75 Å². The van der Waals surface area contributed by atoms with E-state index in [4.69, 9.17) is 0 Å². The molecule has 0 aromatic carbocycles. The van der Waals surface area contributed by atoms with Crippen LogP contribution in [-0.2, 0) is 16.1 Å². The van der Waals surface area contributed by atoms with Crippen molar-refractivity contribution in [3.05, 3.63) is 29.3 Å². The molecule has 1 N–H and O–H groups in total. The van der Waals surface area contributed by atoms with Crippen molar-refractivity contribution < 1.29 is 18.5 Å². The van der Waals surface area contributed by atoms with Crippen LogP contribution in [0.2, 0.25) is 0 Å². The molecule has 0 aliphatic carbocycles. The Morgan fingerprint density at radius 2 is 2.15 bits per heavy atom. The number of carbonyl (C=O) groups is 1. The third kappa shape index (κ3) is 3.91. The van der Waals surface area contributed by atoms with E-state index < -0.39 is 33.9 Å². The minimum atomic E-state index is -1.35. The first-order chi connectivity index (χ1) is 9.18. The second kappa shape index (κ2) is 6.51. The van der Waals surface area contributed by atoms with Gasteiger partial charge in [0.2, 0.25) is 0 Å². The Morgan fingerprint density at radius 3 is 2.65 bits per heavy atom. The average molecular weight is 302 g/mol. The molecule has 0 radical (unpaired) electrons. The Morgan fingerprint density at radius 1 is 1.55 bits per heavy atom. The van der Waals surface area contributed by atoms with Gasteiger partial charge >= 0.3 is 5.97 Å². The summed E-state index contributed by atoms with van der Waals surface area (Å²) in [5.41, 5.74) is -0.154. The zero-order chi connectivity index (χ0) is 15.5. The van der Waals surface area contributed by atoms with Crippen LogP contribution < -0.4 is 4.72 Å². The average Bonchev–Trinajstić information content (AvgIpc) is 2.36.